The van der Waals surface area contributed by atoms with Gasteiger partial charge in [-0.05, 0) is 24.7 Å². The van der Waals surface area contributed by atoms with Crippen molar-refractivity contribution in [3.05, 3.63) is 46.5 Å². The van der Waals surface area contributed by atoms with E-state index >= 15 is 0 Å². The summed E-state index contributed by atoms with van der Waals surface area (Å²) in [5, 5.41) is 7.35. The molecule has 2 heterocycles. The lowest BCUT2D eigenvalue weighted by atomic mass is 10.2. The largest absolute Gasteiger partial charge is 0.354 e. The van der Waals surface area contributed by atoms with Crippen molar-refractivity contribution in [1.82, 2.24) is 24.6 Å². The minimum Gasteiger partial charge on any atom is -0.354 e. The number of piperazine rings is 1. The smallest absolute Gasteiger partial charge is 0.234 e. The molecule has 0 saturated carbocycles. The highest BCUT2D eigenvalue weighted by atomic mass is 32.1. The lowest BCUT2D eigenvalue weighted by Gasteiger charge is -2.25. The number of aryl methyl sites for hydroxylation is 1. The molecule has 6 nitrogen and oxygen atoms in total. The molecule has 1 aromatic carbocycles. The third-order valence-corrected chi connectivity index (χ3v) is 4.17. The molecular formula is C15H19N5OS. The predicted octanol–water partition coefficient (Wildman–Crippen LogP) is 1.16. The van der Waals surface area contributed by atoms with E-state index in [1.807, 2.05) is 34.6 Å². The van der Waals surface area contributed by atoms with E-state index < -0.39 is 0 Å². The number of nitrogens with zero attached hydrogens (tertiary/aromatic N) is 4. The zero-order valence-corrected chi connectivity index (χ0v) is 13.3. The van der Waals surface area contributed by atoms with Crippen LogP contribution < -0.4 is 5.32 Å². The number of carbonyl (C=O) groups excluding carboxylic acids is 1. The second-order valence-corrected chi connectivity index (χ2v) is 5.81. The van der Waals surface area contributed by atoms with Crippen molar-refractivity contribution < 1.29 is 4.79 Å². The third-order valence-electron chi connectivity index (χ3n) is 3.74. The van der Waals surface area contributed by atoms with E-state index in [9.17, 15) is 4.79 Å². The standard InChI is InChI=1S/C15H19N5OS/c1-12-17-20(11-18-8-7-16-14(21)10-18)15(22)19(12)9-13-5-3-2-4-6-13/h2-6H,7-11H2,1H3,(H,16,21). The van der Waals surface area contributed by atoms with Gasteiger partial charge in [-0.15, -0.1) is 0 Å². The number of amides is 1. The predicted molar refractivity (Wildman–Crippen MR) is 85.9 cm³/mol. The summed E-state index contributed by atoms with van der Waals surface area (Å²) in [6.45, 7) is 5.11. The Morgan fingerprint density at radius 3 is 2.82 bits per heavy atom. The van der Waals surface area contributed by atoms with Crippen LogP contribution in [0.4, 0.5) is 0 Å². The third kappa shape index (κ3) is 3.26. The SMILES string of the molecule is Cc1nn(CN2CCNC(=O)C2)c(=S)n1Cc1ccccc1. The molecule has 0 radical (unpaired) electrons. The fourth-order valence-corrected chi connectivity index (χ4v) is 2.89. The van der Waals surface area contributed by atoms with E-state index in [1.165, 1.54) is 5.56 Å². The van der Waals surface area contributed by atoms with Gasteiger partial charge in [0.15, 0.2) is 4.77 Å². The monoisotopic (exact) mass is 317 g/mol. The van der Waals surface area contributed by atoms with Crippen LogP contribution in [0.1, 0.15) is 11.4 Å². The molecule has 116 valence electrons. The Morgan fingerprint density at radius 2 is 2.09 bits per heavy atom. The fraction of sp³-hybridized carbons (Fsp3) is 0.400. The Balaban J connectivity index is 1.78. The van der Waals surface area contributed by atoms with E-state index in [0.29, 0.717) is 31.1 Å². The second kappa shape index (κ2) is 6.41. The Bertz CT molecular complexity index is 721. The topological polar surface area (TPSA) is 55.1 Å². The highest BCUT2D eigenvalue weighted by molar-refractivity contribution is 7.71. The van der Waals surface area contributed by atoms with Crippen LogP contribution in [-0.2, 0) is 18.0 Å². The molecule has 0 spiro atoms. The molecule has 1 saturated heterocycles. The van der Waals surface area contributed by atoms with E-state index in [4.69, 9.17) is 12.2 Å². The van der Waals surface area contributed by atoms with Crippen molar-refractivity contribution >= 4 is 18.1 Å². The molecule has 1 fully saturated rings. The van der Waals surface area contributed by atoms with E-state index in [0.717, 1.165) is 12.4 Å². The zero-order chi connectivity index (χ0) is 15.5. The minimum atomic E-state index is 0.0539. The molecule has 1 amide bonds. The van der Waals surface area contributed by atoms with Gasteiger partial charge in [-0.2, -0.15) is 5.10 Å². The Hall–Kier alpha value is -1.99. The molecule has 1 aliphatic heterocycles. The van der Waals surface area contributed by atoms with Gasteiger partial charge < -0.3 is 5.32 Å². The molecule has 2 aromatic rings. The van der Waals surface area contributed by atoms with Crippen molar-refractivity contribution in [2.24, 2.45) is 0 Å². The molecule has 7 heteroatoms. The molecule has 1 aliphatic rings. The number of benzene rings is 1. The first-order valence-electron chi connectivity index (χ1n) is 7.31. The van der Waals surface area contributed by atoms with Gasteiger partial charge in [0.25, 0.3) is 0 Å². The molecule has 0 aliphatic carbocycles. The van der Waals surface area contributed by atoms with Gasteiger partial charge in [0, 0.05) is 13.1 Å². The summed E-state index contributed by atoms with van der Waals surface area (Å²) in [4.78, 5) is 13.5. The normalized spacial score (nSPS) is 15.8. The van der Waals surface area contributed by atoms with Crippen LogP contribution >= 0.6 is 12.2 Å². The fourth-order valence-electron chi connectivity index (χ4n) is 2.59. The molecule has 3 rings (SSSR count). The van der Waals surface area contributed by atoms with Gasteiger partial charge in [-0.25, -0.2) is 4.68 Å². The van der Waals surface area contributed by atoms with Gasteiger partial charge >= 0.3 is 0 Å². The average molecular weight is 317 g/mol. The Kier molecular flexibility index (Phi) is 4.35. The lowest BCUT2D eigenvalue weighted by Crippen LogP contribution is -2.48. The molecule has 0 bridgehead atoms. The molecule has 0 unspecified atom stereocenters. The molecular weight excluding hydrogens is 298 g/mol. The van der Waals surface area contributed by atoms with Gasteiger partial charge in [-0.3, -0.25) is 14.3 Å². The summed E-state index contributed by atoms with van der Waals surface area (Å²) in [6.07, 6.45) is 0. The summed E-state index contributed by atoms with van der Waals surface area (Å²) in [7, 11) is 0. The first kappa shape index (κ1) is 14.9. The maximum atomic E-state index is 11.4. The van der Waals surface area contributed by atoms with Gasteiger partial charge in [0.05, 0.1) is 19.8 Å². The highest BCUT2D eigenvalue weighted by Gasteiger charge is 2.17. The summed E-state index contributed by atoms with van der Waals surface area (Å²) >= 11 is 5.55. The van der Waals surface area contributed by atoms with Gasteiger partial charge in [0.2, 0.25) is 5.91 Å². The van der Waals surface area contributed by atoms with Crippen LogP contribution in [0.5, 0.6) is 0 Å². The zero-order valence-electron chi connectivity index (χ0n) is 12.5. The minimum absolute atomic E-state index is 0.0539. The first-order chi connectivity index (χ1) is 10.6. The van der Waals surface area contributed by atoms with Crippen molar-refractivity contribution in [2.75, 3.05) is 19.6 Å². The quantitative estimate of drug-likeness (QED) is 0.860. The van der Waals surface area contributed by atoms with Crippen molar-refractivity contribution in [3.63, 3.8) is 0 Å². The van der Waals surface area contributed by atoms with E-state index in [-0.39, 0.29) is 5.91 Å². The summed E-state index contributed by atoms with van der Waals surface area (Å²) in [6, 6.07) is 10.2. The van der Waals surface area contributed by atoms with Crippen molar-refractivity contribution in [2.45, 2.75) is 20.1 Å². The molecule has 0 atom stereocenters. The van der Waals surface area contributed by atoms with Crippen molar-refractivity contribution in [1.29, 1.82) is 0 Å². The van der Waals surface area contributed by atoms with Crippen LogP contribution in [0.25, 0.3) is 0 Å². The molecule has 1 aromatic heterocycles. The number of carbonyl (C=O) groups is 1. The number of hydrogen-bond acceptors (Lipinski definition) is 4. The number of aromatic nitrogens is 3. The number of hydrogen-bond donors (Lipinski definition) is 1. The van der Waals surface area contributed by atoms with E-state index in [2.05, 4.69) is 22.5 Å². The van der Waals surface area contributed by atoms with Crippen molar-refractivity contribution in [3.8, 4) is 0 Å². The maximum Gasteiger partial charge on any atom is 0.234 e. The Morgan fingerprint density at radius 1 is 1.32 bits per heavy atom. The summed E-state index contributed by atoms with van der Waals surface area (Å²) in [5.74, 6) is 0.938. The van der Waals surface area contributed by atoms with Gasteiger partial charge in [0.1, 0.15) is 5.82 Å². The van der Waals surface area contributed by atoms with Gasteiger partial charge in [-0.1, -0.05) is 30.3 Å². The highest BCUT2D eigenvalue weighted by Crippen LogP contribution is 2.08. The lowest BCUT2D eigenvalue weighted by molar-refractivity contribution is -0.124. The number of rotatable bonds is 4. The van der Waals surface area contributed by atoms with Crippen LogP contribution in [0.2, 0.25) is 0 Å². The Labute approximate surface area is 134 Å². The van der Waals surface area contributed by atoms with Crippen LogP contribution in [0, 0.1) is 11.7 Å². The van der Waals surface area contributed by atoms with Crippen LogP contribution in [0.3, 0.4) is 0 Å². The molecule has 1 N–H and O–H groups in total. The average Bonchev–Trinajstić information content (AvgIpc) is 2.76. The first-order valence-corrected chi connectivity index (χ1v) is 7.71. The van der Waals surface area contributed by atoms with Crippen LogP contribution in [0.15, 0.2) is 30.3 Å². The maximum absolute atomic E-state index is 11.4. The van der Waals surface area contributed by atoms with E-state index in [1.54, 1.807) is 4.68 Å². The summed E-state index contributed by atoms with van der Waals surface area (Å²) < 4.78 is 4.51. The second-order valence-electron chi connectivity index (χ2n) is 5.44. The summed E-state index contributed by atoms with van der Waals surface area (Å²) in [5.41, 5.74) is 1.19. The number of nitrogens with one attached hydrogen (secondary N) is 1. The molecule has 22 heavy (non-hydrogen) atoms. The van der Waals surface area contributed by atoms with Crippen LogP contribution in [-0.4, -0.2) is 44.8 Å².